The van der Waals surface area contributed by atoms with Crippen molar-refractivity contribution in [2.45, 2.75) is 5.88 Å². The summed E-state index contributed by atoms with van der Waals surface area (Å²) in [7, 11) is 0. The van der Waals surface area contributed by atoms with Crippen LogP contribution in [0.2, 0.25) is 5.15 Å². The molecule has 0 fully saturated rings. The Morgan fingerprint density at radius 1 is 1.54 bits per heavy atom. The maximum absolute atomic E-state index is 5.96. The van der Waals surface area contributed by atoms with Crippen LogP contribution in [0.15, 0.2) is 16.0 Å². The van der Waals surface area contributed by atoms with Crippen LogP contribution in [0.25, 0.3) is 10.1 Å². The molecular formula is C8H4BrCl2NS. The van der Waals surface area contributed by atoms with Gasteiger partial charge in [0.25, 0.3) is 0 Å². The third-order valence-electron chi connectivity index (χ3n) is 1.72. The van der Waals surface area contributed by atoms with Crippen LogP contribution in [0, 0.1) is 0 Å². The zero-order valence-electron chi connectivity index (χ0n) is 6.35. The first-order chi connectivity index (χ1) is 6.24. The molecule has 0 amide bonds. The number of halogens is 3. The average molecular weight is 297 g/mol. The van der Waals surface area contributed by atoms with Crippen LogP contribution in [0.1, 0.15) is 5.56 Å². The van der Waals surface area contributed by atoms with Gasteiger partial charge in [0.1, 0.15) is 5.15 Å². The van der Waals surface area contributed by atoms with Crippen LogP contribution >= 0.6 is 50.5 Å². The molecule has 0 atom stereocenters. The Balaban J connectivity index is 2.87. The van der Waals surface area contributed by atoms with Crippen molar-refractivity contribution in [3.63, 3.8) is 0 Å². The molecule has 0 N–H and O–H groups in total. The highest BCUT2D eigenvalue weighted by Crippen LogP contribution is 2.36. The third-order valence-corrected chi connectivity index (χ3v) is 4.28. The third kappa shape index (κ3) is 1.59. The van der Waals surface area contributed by atoms with E-state index in [4.69, 9.17) is 23.2 Å². The number of rotatable bonds is 1. The second kappa shape index (κ2) is 3.73. The van der Waals surface area contributed by atoms with Gasteiger partial charge in [-0.05, 0) is 15.9 Å². The Hall–Kier alpha value is 0.170. The maximum Gasteiger partial charge on any atom is 0.138 e. The zero-order valence-corrected chi connectivity index (χ0v) is 10.3. The molecule has 5 heteroatoms. The highest BCUT2D eigenvalue weighted by atomic mass is 79.9. The van der Waals surface area contributed by atoms with E-state index in [1.165, 1.54) is 0 Å². The fourth-order valence-corrected chi connectivity index (χ4v) is 3.55. The summed E-state index contributed by atoms with van der Waals surface area (Å²) in [6, 6.07) is 0. The zero-order chi connectivity index (χ0) is 9.42. The Morgan fingerprint density at radius 2 is 2.31 bits per heavy atom. The second-order valence-corrected chi connectivity index (χ2v) is 4.85. The number of alkyl halides is 1. The normalized spacial score (nSPS) is 11.0. The van der Waals surface area contributed by atoms with Gasteiger partial charge in [-0.2, -0.15) is 0 Å². The number of hydrogen-bond acceptors (Lipinski definition) is 2. The van der Waals surface area contributed by atoms with E-state index in [0.717, 1.165) is 20.1 Å². The first-order valence-electron chi connectivity index (χ1n) is 3.50. The van der Waals surface area contributed by atoms with E-state index in [0.29, 0.717) is 11.0 Å². The molecule has 0 aliphatic rings. The van der Waals surface area contributed by atoms with Gasteiger partial charge in [-0.3, -0.25) is 0 Å². The fourth-order valence-electron chi connectivity index (χ4n) is 1.12. The molecule has 2 heterocycles. The van der Waals surface area contributed by atoms with Crippen LogP contribution < -0.4 is 0 Å². The molecule has 0 spiro atoms. The van der Waals surface area contributed by atoms with Crippen molar-refractivity contribution in [3.05, 3.63) is 26.8 Å². The summed E-state index contributed by atoms with van der Waals surface area (Å²) < 4.78 is 2.10. The summed E-state index contributed by atoms with van der Waals surface area (Å²) in [4.78, 5) is 4.07. The number of nitrogens with zero attached hydrogens (tertiary/aromatic N) is 1. The average Bonchev–Trinajstić information content (AvgIpc) is 2.50. The molecule has 2 aromatic heterocycles. The molecule has 0 radical (unpaired) electrons. The van der Waals surface area contributed by atoms with Gasteiger partial charge in [-0.1, -0.05) is 11.6 Å². The summed E-state index contributed by atoms with van der Waals surface area (Å²) in [6.07, 6.45) is 1.72. The van der Waals surface area contributed by atoms with Crippen molar-refractivity contribution in [2.24, 2.45) is 0 Å². The lowest BCUT2D eigenvalue weighted by molar-refractivity contribution is 1.29. The molecule has 68 valence electrons. The quantitative estimate of drug-likeness (QED) is 0.559. The maximum atomic E-state index is 5.96. The van der Waals surface area contributed by atoms with Gasteiger partial charge in [0.2, 0.25) is 0 Å². The van der Waals surface area contributed by atoms with Gasteiger partial charge in [0.15, 0.2) is 0 Å². The van der Waals surface area contributed by atoms with Crippen LogP contribution in [-0.4, -0.2) is 4.98 Å². The van der Waals surface area contributed by atoms with E-state index in [9.17, 15) is 0 Å². The molecule has 0 bridgehead atoms. The van der Waals surface area contributed by atoms with Crippen molar-refractivity contribution in [1.82, 2.24) is 4.98 Å². The number of hydrogen-bond donors (Lipinski definition) is 0. The molecule has 0 aliphatic carbocycles. The molecule has 0 unspecified atom stereocenters. The molecule has 13 heavy (non-hydrogen) atoms. The van der Waals surface area contributed by atoms with Crippen LogP contribution in [0.5, 0.6) is 0 Å². The van der Waals surface area contributed by atoms with E-state index in [-0.39, 0.29) is 0 Å². The number of fused-ring (bicyclic) bond motifs is 1. The molecule has 0 aromatic carbocycles. The summed E-state index contributed by atoms with van der Waals surface area (Å²) in [5.41, 5.74) is 1.02. The Bertz CT molecular complexity index is 455. The minimum atomic E-state index is 0.466. The van der Waals surface area contributed by atoms with Gasteiger partial charge < -0.3 is 0 Å². The van der Waals surface area contributed by atoms with Crippen LogP contribution in [-0.2, 0) is 5.88 Å². The van der Waals surface area contributed by atoms with Crippen molar-refractivity contribution in [1.29, 1.82) is 0 Å². The lowest BCUT2D eigenvalue weighted by Gasteiger charge is -1.98. The molecule has 2 rings (SSSR count). The van der Waals surface area contributed by atoms with Gasteiger partial charge >= 0.3 is 0 Å². The van der Waals surface area contributed by atoms with Gasteiger partial charge in [0.05, 0.1) is 5.88 Å². The van der Waals surface area contributed by atoms with E-state index in [1.54, 1.807) is 17.5 Å². The van der Waals surface area contributed by atoms with Gasteiger partial charge in [0, 0.05) is 31.7 Å². The summed E-state index contributed by atoms with van der Waals surface area (Å²) in [5.74, 6) is 0.466. The second-order valence-electron chi connectivity index (χ2n) is 2.50. The van der Waals surface area contributed by atoms with Crippen molar-refractivity contribution < 1.29 is 0 Å². The monoisotopic (exact) mass is 295 g/mol. The van der Waals surface area contributed by atoms with Gasteiger partial charge in [-0.15, -0.1) is 22.9 Å². The highest BCUT2D eigenvalue weighted by molar-refractivity contribution is 9.10. The summed E-state index contributed by atoms with van der Waals surface area (Å²) in [6.45, 7) is 0. The molecule has 0 saturated heterocycles. The van der Waals surface area contributed by atoms with Crippen molar-refractivity contribution >= 4 is 60.6 Å². The minimum Gasteiger partial charge on any atom is -0.243 e. The lowest BCUT2D eigenvalue weighted by Crippen LogP contribution is -1.82. The standard InChI is InChI=1S/C8H4BrCl2NS/c9-5-3-13-7-4(1-10)2-12-8(11)6(5)7/h2-3H,1H2. The van der Waals surface area contributed by atoms with Crippen LogP contribution in [0.3, 0.4) is 0 Å². The molecular weight excluding hydrogens is 293 g/mol. The number of thiophene rings is 1. The number of pyridine rings is 1. The Labute approximate surface area is 97.8 Å². The SMILES string of the molecule is ClCc1cnc(Cl)c2c(Br)csc12. The first kappa shape index (κ1) is 9.71. The Kier molecular flexibility index (Phi) is 2.79. The topological polar surface area (TPSA) is 12.9 Å². The van der Waals surface area contributed by atoms with E-state index >= 15 is 0 Å². The van der Waals surface area contributed by atoms with Crippen molar-refractivity contribution in [2.75, 3.05) is 0 Å². The van der Waals surface area contributed by atoms with Crippen LogP contribution in [0.4, 0.5) is 0 Å². The van der Waals surface area contributed by atoms with E-state index in [2.05, 4.69) is 20.9 Å². The Morgan fingerprint density at radius 3 is 3.00 bits per heavy atom. The minimum absolute atomic E-state index is 0.466. The number of aromatic nitrogens is 1. The largest absolute Gasteiger partial charge is 0.243 e. The molecule has 0 aliphatic heterocycles. The summed E-state index contributed by atoms with van der Waals surface area (Å²) >= 11 is 16.8. The molecule has 2 aromatic rings. The smallest absolute Gasteiger partial charge is 0.138 e. The highest BCUT2D eigenvalue weighted by Gasteiger charge is 2.10. The van der Waals surface area contributed by atoms with E-state index in [1.807, 2.05) is 5.38 Å². The fraction of sp³-hybridized carbons (Fsp3) is 0.125. The predicted octanol–water partition coefficient (Wildman–Crippen LogP) is 4.45. The predicted molar refractivity (Wildman–Crippen MR) is 61.9 cm³/mol. The van der Waals surface area contributed by atoms with Gasteiger partial charge in [-0.25, -0.2) is 4.98 Å². The summed E-state index contributed by atoms with van der Waals surface area (Å²) in [5, 5.41) is 3.48. The van der Waals surface area contributed by atoms with Crippen molar-refractivity contribution in [3.8, 4) is 0 Å². The lowest BCUT2D eigenvalue weighted by atomic mass is 10.2. The van der Waals surface area contributed by atoms with E-state index < -0.39 is 0 Å². The molecule has 0 saturated carbocycles. The first-order valence-corrected chi connectivity index (χ1v) is 6.08. The molecule has 1 nitrogen and oxygen atoms in total.